The molecule has 0 bridgehead atoms. The van der Waals surface area contributed by atoms with Crippen molar-refractivity contribution in [1.29, 1.82) is 0 Å². The Balaban J connectivity index is 1.64. The number of hydrogen-bond donors (Lipinski definition) is 1. The highest BCUT2D eigenvalue weighted by atomic mass is 35.5. The van der Waals surface area contributed by atoms with Gasteiger partial charge in [0.05, 0.1) is 17.8 Å². The van der Waals surface area contributed by atoms with Gasteiger partial charge in [-0.3, -0.25) is 4.98 Å². The normalized spacial score (nSPS) is 17.8. The summed E-state index contributed by atoms with van der Waals surface area (Å²) in [5, 5.41) is 5.05. The molecule has 172 valence electrons. The van der Waals surface area contributed by atoms with Crippen LogP contribution in [-0.4, -0.2) is 19.6 Å². The molecular formula is C28H27ClN4S. The molecule has 4 nitrogen and oxygen atoms in total. The Morgan fingerprint density at radius 3 is 2.47 bits per heavy atom. The van der Waals surface area contributed by atoms with E-state index in [9.17, 15) is 0 Å². The molecule has 34 heavy (non-hydrogen) atoms. The minimum atomic E-state index is -0.0492. The van der Waals surface area contributed by atoms with Crippen molar-refractivity contribution in [2.45, 2.75) is 39.4 Å². The zero-order valence-corrected chi connectivity index (χ0v) is 21.1. The molecule has 0 unspecified atom stereocenters. The van der Waals surface area contributed by atoms with E-state index in [1.54, 1.807) is 0 Å². The number of nitrogens with zero attached hydrogens (tertiary/aromatic N) is 3. The fraction of sp³-hybridized carbons (Fsp3) is 0.214. The second-order valence-electron chi connectivity index (χ2n) is 8.83. The summed E-state index contributed by atoms with van der Waals surface area (Å²) < 4.78 is 2.30. The van der Waals surface area contributed by atoms with Crippen LogP contribution in [0, 0.1) is 20.8 Å². The maximum absolute atomic E-state index is 6.38. The molecule has 2 aromatic carbocycles. The molecule has 6 heteroatoms. The van der Waals surface area contributed by atoms with Gasteiger partial charge in [-0.05, 0) is 80.0 Å². The summed E-state index contributed by atoms with van der Waals surface area (Å²) in [7, 11) is 0. The first-order chi connectivity index (χ1) is 16.4. The fourth-order valence-corrected chi connectivity index (χ4v) is 5.45. The fourth-order valence-electron chi connectivity index (χ4n) is 4.98. The van der Waals surface area contributed by atoms with E-state index in [2.05, 4.69) is 83.0 Å². The number of halogens is 1. The van der Waals surface area contributed by atoms with Crippen molar-refractivity contribution in [1.82, 2.24) is 19.8 Å². The molecule has 0 saturated carbocycles. The van der Waals surface area contributed by atoms with Gasteiger partial charge in [0.2, 0.25) is 0 Å². The average molecular weight is 487 g/mol. The van der Waals surface area contributed by atoms with Crippen molar-refractivity contribution in [3.8, 4) is 5.69 Å². The first-order valence-corrected chi connectivity index (χ1v) is 12.2. The first-order valence-electron chi connectivity index (χ1n) is 11.4. The van der Waals surface area contributed by atoms with Gasteiger partial charge < -0.3 is 14.8 Å². The van der Waals surface area contributed by atoms with Crippen LogP contribution in [0.4, 0.5) is 0 Å². The van der Waals surface area contributed by atoms with Crippen LogP contribution in [0.15, 0.2) is 79.0 Å². The summed E-state index contributed by atoms with van der Waals surface area (Å²) in [5.41, 5.74) is 8.06. The van der Waals surface area contributed by atoms with Gasteiger partial charge in [-0.15, -0.1) is 0 Å². The summed E-state index contributed by atoms with van der Waals surface area (Å²) in [6.45, 7) is 7.17. The molecule has 3 heterocycles. The van der Waals surface area contributed by atoms with Crippen molar-refractivity contribution in [3.05, 3.63) is 118 Å². The topological polar surface area (TPSA) is 33.1 Å². The molecule has 4 aromatic rings. The molecule has 1 fully saturated rings. The molecule has 1 aliphatic rings. The van der Waals surface area contributed by atoms with E-state index >= 15 is 0 Å². The SMILES string of the molecule is Cc1ccc(Cl)cc1-n1c(C)cc([C@@H]2[C@@H](c3ccccn3)NC(=S)N2Cc2ccccc2)c1C. The Kier molecular flexibility index (Phi) is 6.15. The van der Waals surface area contributed by atoms with Crippen LogP contribution in [0.1, 0.15) is 45.9 Å². The average Bonchev–Trinajstić information content (AvgIpc) is 3.31. The molecule has 1 N–H and O–H groups in total. The van der Waals surface area contributed by atoms with Crippen molar-refractivity contribution >= 4 is 28.9 Å². The van der Waals surface area contributed by atoms with Gasteiger partial charge in [0.1, 0.15) is 0 Å². The monoisotopic (exact) mass is 486 g/mol. The van der Waals surface area contributed by atoms with E-state index in [4.69, 9.17) is 23.8 Å². The number of aryl methyl sites for hydroxylation is 2. The zero-order chi connectivity index (χ0) is 23.8. The molecule has 0 spiro atoms. The van der Waals surface area contributed by atoms with Crippen molar-refractivity contribution in [3.63, 3.8) is 0 Å². The van der Waals surface area contributed by atoms with E-state index < -0.39 is 0 Å². The quantitative estimate of drug-likeness (QED) is 0.321. The summed E-state index contributed by atoms with van der Waals surface area (Å²) >= 11 is 12.3. The Hall–Kier alpha value is -3.15. The Morgan fingerprint density at radius 1 is 0.971 bits per heavy atom. The van der Waals surface area contributed by atoms with Gasteiger partial charge in [0.15, 0.2) is 5.11 Å². The maximum atomic E-state index is 6.38. The van der Waals surface area contributed by atoms with Crippen LogP contribution in [0.5, 0.6) is 0 Å². The Labute approximate surface area is 211 Å². The number of hydrogen-bond acceptors (Lipinski definition) is 2. The number of pyridine rings is 1. The minimum absolute atomic E-state index is 0.00189. The minimum Gasteiger partial charge on any atom is -0.352 e. The highest BCUT2D eigenvalue weighted by molar-refractivity contribution is 7.80. The van der Waals surface area contributed by atoms with Crippen LogP contribution in [-0.2, 0) is 6.54 Å². The van der Waals surface area contributed by atoms with Crippen LogP contribution in [0.2, 0.25) is 5.02 Å². The molecule has 1 aliphatic heterocycles. The number of thiocarbonyl (C=S) groups is 1. The Bertz CT molecular complexity index is 1330. The van der Waals surface area contributed by atoms with Gasteiger partial charge >= 0.3 is 0 Å². The lowest BCUT2D eigenvalue weighted by atomic mass is 9.96. The van der Waals surface area contributed by atoms with Crippen LogP contribution in [0.3, 0.4) is 0 Å². The predicted molar refractivity (Wildman–Crippen MR) is 142 cm³/mol. The summed E-state index contributed by atoms with van der Waals surface area (Å²) in [4.78, 5) is 6.97. The third kappa shape index (κ3) is 4.10. The molecule has 0 aliphatic carbocycles. The lowest BCUT2D eigenvalue weighted by Crippen LogP contribution is -2.29. The smallest absolute Gasteiger partial charge is 0.170 e. The molecule has 2 aromatic heterocycles. The Morgan fingerprint density at radius 2 is 1.74 bits per heavy atom. The van der Waals surface area contributed by atoms with E-state index in [0.717, 1.165) is 33.8 Å². The highest BCUT2D eigenvalue weighted by Gasteiger charge is 2.41. The first kappa shape index (κ1) is 22.6. The van der Waals surface area contributed by atoms with Gasteiger partial charge in [-0.2, -0.15) is 0 Å². The van der Waals surface area contributed by atoms with Crippen LogP contribution in [0.25, 0.3) is 5.69 Å². The standard InChI is InChI=1S/C28H27ClN4S/c1-18-12-13-22(29)16-25(18)33-19(2)15-23(20(33)3)27-26(24-11-7-8-14-30-24)31-28(34)32(27)17-21-9-5-4-6-10-21/h4-16,26-27H,17H2,1-3H3,(H,31,34)/t26-,27-/m1/s1. The number of aromatic nitrogens is 2. The highest BCUT2D eigenvalue weighted by Crippen LogP contribution is 2.42. The number of rotatable bonds is 5. The van der Waals surface area contributed by atoms with Crippen molar-refractivity contribution in [2.24, 2.45) is 0 Å². The van der Waals surface area contributed by atoms with Crippen molar-refractivity contribution in [2.75, 3.05) is 0 Å². The second-order valence-corrected chi connectivity index (χ2v) is 9.66. The molecule has 5 rings (SSSR count). The van der Waals surface area contributed by atoms with Gasteiger partial charge in [0.25, 0.3) is 0 Å². The summed E-state index contributed by atoms with van der Waals surface area (Å²) in [6, 6.07) is 24.8. The van der Waals surface area contributed by atoms with Crippen LogP contribution >= 0.6 is 23.8 Å². The zero-order valence-electron chi connectivity index (χ0n) is 19.5. The molecule has 0 amide bonds. The van der Waals surface area contributed by atoms with E-state index in [1.807, 2.05) is 36.5 Å². The predicted octanol–water partition coefficient (Wildman–Crippen LogP) is 6.62. The third-order valence-electron chi connectivity index (χ3n) is 6.59. The van der Waals surface area contributed by atoms with E-state index in [0.29, 0.717) is 0 Å². The number of nitrogens with one attached hydrogen (secondary N) is 1. The van der Waals surface area contributed by atoms with Gasteiger partial charge in [0, 0.05) is 34.8 Å². The summed E-state index contributed by atoms with van der Waals surface area (Å²) in [6.07, 6.45) is 1.84. The molecule has 1 saturated heterocycles. The van der Waals surface area contributed by atoms with Crippen molar-refractivity contribution < 1.29 is 0 Å². The van der Waals surface area contributed by atoms with E-state index in [1.165, 1.54) is 22.4 Å². The third-order valence-corrected chi connectivity index (χ3v) is 7.18. The van der Waals surface area contributed by atoms with Gasteiger partial charge in [-0.1, -0.05) is 54.1 Å². The largest absolute Gasteiger partial charge is 0.352 e. The maximum Gasteiger partial charge on any atom is 0.170 e. The lowest BCUT2D eigenvalue weighted by molar-refractivity contribution is 0.310. The van der Waals surface area contributed by atoms with E-state index in [-0.39, 0.29) is 12.1 Å². The van der Waals surface area contributed by atoms with Gasteiger partial charge in [-0.25, -0.2) is 0 Å². The second kappa shape index (κ2) is 9.24. The lowest BCUT2D eigenvalue weighted by Gasteiger charge is -2.28. The number of benzene rings is 2. The molecule has 2 atom stereocenters. The molecule has 0 radical (unpaired) electrons. The summed E-state index contributed by atoms with van der Waals surface area (Å²) in [5.74, 6) is 0. The van der Waals surface area contributed by atoms with Crippen LogP contribution < -0.4 is 5.32 Å². The molecular weight excluding hydrogens is 460 g/mol.